The molecule has 1 aromatic carbocycles. The summed E-state index contributed by atoms with van der Waals surface area (Å²) in [4.78, 5) is 21.0. The number of aromatic nitrogens is 2. The molecular weight excluding hydrogens is 302 g/mol. The first kappa shape index (κ1) is 17.7. The molecule has 1 amide bonds. The minimum Gasteiger partial charge on any atom is -0.354 e. The maximum atomic E-state index is 12.3. The van der Waals surface area contributed by atoms with E-state index in [-0.39, 0.29) is 11.4 Å². The van der Waals surface area contributed by atoms with E-state index in [1.807, 2.05) is 52.8 Å². The van der Waals surface area contributed by atoms with Crippen molar-refractivity contribution in [2.24, 2.45) is 0 Å². The zero-order valence-corrected chi connectivity index (χ0v) is 14.9. The minimum atomic E-state index is -0.273. The third kappa shape index (κ3) is 4.94. The van der Waals surface area contributed by atoms with E-state index >= 15 is 0 Å². The Morgan fingerprint density at radius 2 is 2.00 bits per heavy atom. The molecule has 0 atom stereocenters. The van der Waals surface area contributed by atoms with Gasteiger partial charge in [0.1, 0.15) is 5.82 Å². The fourth-order valence-electron chi connectivity index (χ4n) is 2.10. The molecule has 1 aromatic heterocycles. The number of nitrogens with zero attached hydrogens (tertiary/aromatic N) is 2. The Labute approximate surface area is 143 Å². The van der Waals surface area contributed by atoms with Crippen LogP contribution >= 0.6 is 0 Å². The first-order chi connectivity index (χ1) is 11.3. The van der Waals surface area contributed by atoms with Crippen molar-refractivity contribution in [2.75, 3.05) is 17.2 Å². The Balaban J connectivity index is 2.21. The van der Waals surface area contributed by atoms with Crippen molar-refractivity contribution in [2.45, 2.75) is 40.2 Å². The van der Waals surface area contributed by atoms with Gasteiger partial charge in [-0.15, -0.1) is 0 Å². The van der Waals surface area contributed by atoms with Gasteiger partial charge in [0, 0.05) is 35.1 Å². The van der Waals surface area contributed by atoms with Crippen LogP contribution in [0.2, 0.25) is 0 Å². The van der Waals surface area contributed by atoms with Crippen molar-refractivity contribution in [3.63, 3.8) is 0 Å². The molecule has 0 aliphatic rings. The number of aryl methyl sites for hydroxylation is 1. The van der Waals surface area contributed by atoms with Crippen molar-refractivity contribution in [1.29, 1.82) is 0 Å². The second-order valence-corrected chi connectivity index (χ2v) is 6.67. The predicted octanol–water partition coefficient (Wildman–Crippen LogP) is 3.49. The van der Waals surface area contributed by atoms with Crippen LogP contribution in [-0.4, -0.2) is 28.0 Å². The van der Waals surface area contributed by atoms with Gasteiger partial charge in [-0.3, -0.25) is 4.79 Å². The number of hydrogen-bond acceptors (Lipinski definition) is 5. The number of anilines is 3. The zero-order chi connectivity index (χ0) is 17.7. The van der Waals surface area contributed by atoms with E-state index in [4.69, 9.17) is 0 Å². The SMILES string of the molecule is CCNc1ncc(C)c(Nc2cccc(C(=O)NC(C)(C)C)c2)n1. The number of hydrogen-bond donors (Lipinski definition) is 3. The van der Waals surface area contributed by atoms with Gasteiger partial charge in [-0.2, -0.15) is 4.98 Å². The summed E-state index contributed by atoms with van der Waals surface area (Å²) in [6.45, 7) is 10.6. The number of nitrogens with one attached hydrogen (secondary N) is 3. The number of amides is 1. The maximum absolute atomic E-state index is 12.3. The molecule has 0 fully saturated rings. The van der Waals surface area contributed by atoms with E-state index in [0.29, 0.717) is 17.3 Å². The highest BCUT2D eigenvalue weighted by Gasteiger charge is 2.15. The van der Waals surface area contributed by atoms with Gasteiger partial charge in [0.05, 0.1) is 0 Å². The van der Waals surface area contributed by atoms with Crippen molar-refractivity contribution in [3.05, 3.63) is 41.6 Å². The van der Waals surface area contributed by atoms with E-state index in [1.54, 1.807) is 12.3 Å². The average Bonchev–Trinajstić information content (AvgIpc) is 2.49. The molecule has 24 heavy (non-hydrogen) atoms. The molecule has 6 heteroatoms. The fraction of sp³-hybridized carbons (Fsp3) is 0.389. The van der Waals surface area contributed by atoms with Gasteiger partial charge in [-0.1, -0.05) is 6.07 Å². The molecule has 1 heterocycles. The molecule has 0 spiro atoms. The highest BCUT2D eigenvalue weighted by molar-refractivity contribution is 5.95. The monoisotopic (exact) mass is 327 g/mol. The van der Waals surface area contributed by atoms with E-state index < -0.39 is 0 Å². The number of benzene rings is 1. The van der Waals surface area contributed by atoms with Gasteiger partial charge in [-0.25, -0.2) is 4.98 Å². The molecule has 2 rings (SSSR count). The molecule has 0 aliphatic carbocycles. The standard InChI is InChI=1S/C18H25N5O/c1-6-19-17-20-11-12(2)15(22-17)21-14-9-7-8-13(10-14)16(24)23-18(3,4)5/h7-11H,6H2,1-5H3,(H,23,24)(H2,19,20,21,22). The van der Waals surface area contributed by atoms with Crippen molar-refractivity contribution in [3.8, 4) is 0 Å². The lowest BCUT2D eigenvalue weighted by atomic mass is 10.1. The summed E-state index contributed by atoms with van der Waals surface area (Å²) in [5, 5.41) is 9.31. The van der Waals surface area contributed by atoms with Gasteiger partial charge in [0.25, 0.3) is 5.91 Å². The van der Waals surface area contributed by atoms with Crippen LogP contribution in [0.1, 0.15) is 43.6 Å². The molecule has 0 aliphatic heterocycles. The quantitative estimate of drug-likeness (QED) is 0.783. The predicted molar refractivity (Wildman–Crippen MR) is 97.9 cm³/mol. The zero-order valence-electron chi connectivity index (χ0n) is 14.9. The Morgan fingerprint density at radius 1 is 1.25 bits per heavy atom. The average molecular weight is 327 g/mol. The first-order valence-corrected chi connectivity index (χ1v) is 8.05. The summed E-state index contributed by atoms with van der Waals surface area (Å²) in [6, 6.07) is 7.36. The van der Waals surface area contributed by atoms with Crippen LogP contribution in [-0.2, 0) is 0 Å². The highest BCUT2D eigenvalue weighted by Crippen LogP contribution is 2.20. The minimum absolute atomic E-state index is 0.0982. The van der Waals surface area contributed by atoms with Gasteiger partial charge >= 0.3 is 0 Å². The smallest absolute Gasteiger partial charge is 0.251 e. The van der Waals surface area contributed by atoms with Gasteiger partial charge in [0.2, 0.25) is 5.95 Å². The highest BCUT2D eigenvalue weighted by atomic mass is 16.1. The molecule has 6 nitrogen and oxygen atoms in total. The maximum Gasteiger partial charge on any atom is 0.251 e. The summed E-state index contributed by atoms with van der Waals surface area (Å²) in [6.07, 6.45) is 1.77. The molecular formula is C18H25N5O. The van der Waals surface area contributed by atoms with Crippen molar-refractivity contribution in [1.82, 2.24) is 15.3 Å². The third-order valence-electron chi connectivity index (χ3n) is 3.18. The van der Waals surface area contributed by atoms with Crippen LogP contribution < -0.4 is 16.0 Å². The fourth-order valence-corrected chi connectivity index (χ4v) is 2.10. The number of rotatable bonds is 5. The van der Waals surface area contributed by atoms with Gasteiger partial charge < -0.3 is 16.0 Å². The normalized spacial score (nSPS) is 11.0. The Bertz CT molecular complexity index is 722. The molecule has 128 valence electrons. The summed E-state index contributed by atoms with van der Waals surface area (Å²) in [5.74, 6) is 1.19. The summed E-state index contributed by atoms with van der Waals surface area (Å²) >= 11 is 0. The second kappa shape index (κ2) is 7.29. The van der Waals surface area contributed by atoms with Crippen LogP contribution in [0.25, 0.3) is 0 Å². The molecule has 3 N–H and O–H groups in total. The summed E-state index contributed by atoms with van der Waals surface area (Å²) in [5.41, 5.74) is 2.07. The molecule has 2 aromatic rings. The van der Waals surface area contributed by atoms with Crippen LogP contribution in [0.3, 0.4) is 0 Å². The third-order valence-corrected chi connectivity index (χ3v) is 3.18. The van der Waals surface area contributed by atoms with E-state index in [2.05, 4.69) is 25.9 Å². The van der Waals surface area contributed by atoms with Crippen LogP contribution in [0.15, 0.2) is 30.5 Å². The topological polar surface area (TPSA) is 78.9 Å². The summed E-state index contributed by atoms with van der Waals surface area (Å²) in [7, 11) is 0. The molecule has 0 saturated heterocycles. The summed E-state index contributed by atoms with van der Waals surface area (Å²) < 4.78 is 0. The van der Waals surface area contributed by atoms with Gasteiger partial charge in [-0.05, 0) is 52.8 Å². The number of carbonyl (C=O) groups excluding carboxylic acids is 1. The van der Waals surface area contributed by atoms with Crippen LogP contribution in [0.4, 0.5) is 17.5 Å². The van der Waals surface area contributed by atoms with Crippen LogP contribution in [0.5, 0.6) is 0 Å². The van der Waals surface area contributed by atoms with Crippen LogP contribution in [0, 0.1) is 6.92 Å². The van der Waals surface area contributed by atoms with Gasteiger partial charge in [0.15, 0.2) is 0 Å². The first-order valence-electron chi connectivity index (χ1n) is 8.05. The molecule has 0 unspecified atom stereocenters. The largest absolute Gasteiger partial charge is 0.354 e. The number of carbonyl (C=O) groups is 1. The molecule has 0 bridgehead atoms. The Kier molecular flexibility index (Phi) is 5.39. The van der Waals surface area contributed by atoms with E-state index in [0.717, 1.165) is 17.8 Å². The lowest BCUT2D eigenvalue weighted by Gasteiger charge is -2.20. The van der Waals surface area contributed by atoms with E-state index in [9.17, 15) is 4.79 Å². The lowest BCUT2D eigenvalue weighted by Crippen LogP contribution is -2.40. The Morgan fingerprint density at radius 3 is 2.67 bits per heavy atom. The Hall–Kier alpha value is -2.63. The second-order valence-electron chi connectivity index (χ2n) is 6.67. The molecule has 0 saturated carbocycles. The van der Waals surface area contributed by atoms with Crippen molar-refractivity contribution >= 4 is 23.4 Å². The lowest BCUT2D eigenvalue weighted by molar-refractivity contribution is 0.0919. The molecule has 0 radical (unpaired) electrons. The van der Waals surface area contributed by atoms with Crippen molar-refractivity contribution < 1.29 is 4.79 Å². The van der Waals surface area contributed by atoms with E-state index in [1.165, 1.54) is 0 Å².